The van der Waals surface area contributed by atoms with Crippen LogP contribution in [0.4, 0.5) is 0 Å². The van der Waals surface area contributed by atoms with Crippen molar-refractivity contribution in [2.45, 2.75) is 39.2 Å². The van der Waals surface area contributed by atoms with Crippen LogP contribution in [0.2, 0.25) is 0 Å². The number of carboxylic acids is 1. The molecule has 4 nitrogen and oxygen atoms in total. The first-order chi connectivity index (χ1) is 7.12. The van der Waals surface area contributed by atoms with Crippen LogP contribution in [-0.4, -0.2) is 20.9 Å². The third-order valence-electron chi connectivity index (χ3n) is 3.24. The van der Waals surface area contributed by atoms with Gasteiger partial charge < -0.3 is 5.11 Å². The molecule has 4 heteroatoms. The number of aryl methyl sites for hydroxylation is 1. The third kappa shape index (κ3) is 1.89. The largest absolute Gasteiger partial charge is 0.481 e. The Balaban J connectivity index is 2.17. The average molecular weight is 208 g/mol. The van der Waals surface area contributed by atoms with Crippen molar-refractivity contribution in [1.29, 1.82) is 0 Å². The maximum absolute atomic E-state index is 11.3. The number of rotatable bonds is 3. The molecule has 0 aliphatic heterocycles. The van der Waals surface area contributed by atoms with Gasteiger partial charge >= 0.3 is 5.97 Å². The van der Waals surface area contributed by atoms with Crippen LogP contribution < -0.4 is 0 Å². The quantitative estimate of drug-likeness (QED) is 0.824. The Bertz CT molecular complexity index is 364. The minimum Gasteiger partial charge on any atom is -0.481 e. The maximum Gasteiger partial charge on any atom is 0.311 e. The molecule has 0 spiro atoms. The number of nitrogens with zero attached hydrogens (tertiary/aromatic N) is 2. The summed E-state index contributed by atoms with van der Waals surface area (Å²) in [4.78, 5) is 11.3. The van der Waals surface area contributed by atoms with Gasteiger partial charge in [-0.3, -0.25) is 9.48 Å². The van der Waals surface area contributed by atoms with Gasteiger partial charge in [0.25, 0.3) is 0 Å². The van der Waals surface area contributed by atoms with Crippen molar-refractivity contribution in [3.05, 3.63) is 18.0 Å². The molecule has 1 aromatic rings. The fourth-order valence-corrected chi connectivity index (χ4v) is 2.35. The van der Waals surface area contributed by atoms with E-state index in [1.807, 2.05) is 13.1 Å². The van der Waals surface area contributed by atoms with Crippen LogP contribution in [0.25, 0.3) is 0 Å². The number of hydrogen-bond donors (Lipinski definition) is 1. The highest BCUT2D eigenvalue weighted by Gasteiger charge is 2.41. The van der Waals surface area contributed by atoms with E-state index < -0.39 is 11.4 Å². The number of aliphatic carboxylic acids is 1. The lowest BCUT2D eigenvalue weighted by molar-refractivity contribution is -0.149. The van der Waals surface area contributed by atoms with Crippen LogP contribution in [0, 0.1) is 12.3 Å². The fourth-order valence-electron chi connectivity index (χ4n) is 2.35. The molecule has 0 saturated heterocycles. The molecular formula is C11H16N2O2. The van der Waals surface area contributed by atoms with Gasteiger partial charge in [-0.05, 0) is 25.3 Å². The third-order valence-corrected chi connectivity index (χ3v) is 3.24. The molecule has 1 N–H and O–H groups in total. The number of aromatic nitrogens is 2. The Hall–Kier alpha value is -1.32. The van der Waals surface area contributed by atoms with Gasteiger partial charge in [-0.25, -0.2) is 0 Å². The van der Waals surface area contributed by atoms with Gasteiger partial charge in [-0.15, -0.1) is 0 Å². The molecule has 1 saturated carbocycles. The zero-order valence-corrected chi connectivity index (χ0v) is 8.94. The Kier molecular flexibility index (Phi) is 2.50. The normalized spacial score (nSPS) is 19.3. The molecule has 1 fully saturated rings. The van der Waals surface area contributed by atoms with Gasteiger partial charge in [0.05, 0.1) is 18.2 Å². The second-order valence-electron chi connectivity index (χ2n) is 4.51. The minimum atomic E-state index is -0.673. The van der Waals surface area contributed by atoms with Crippen LogP contribution in [0.5, 0.6) is 0 Å². The molecule has 1 aliphatic carbocycles. The summed E-state index contributed by atoms with van der Waals surface area (Å²) < 4.78 is 1.76. The van der Waals surface area contributed by atoms with E-state index in [-0.39, 0.29) is 0 Å². The SMILES string of the molecule is Cc1cnn(CC2(C(=O)O)CCCC2)c1. The monoisotopic (exact) mass is 208 g/mol. The highest BCUT2D eigenvalue weighted by molar-refractivity contribution is 5.74. The zero-order valence-electron chi connectivity index (χ0n) is 8.94. The molecule has 15 heavy (non-hydrogen) atoms. The standard InChI is InChI=1S/C11H16N2O2/c1-9-6-12-13(7-9)8-11(10(14)15)4-2-3-5-11/h6-7H,2-5,8H2,1H3,(H,14,15). The Morgan fingerprint density at radius 1 is 1.60 bits per heavy atom. The molecule has 0 bridgehead atoms. The smallest absolute Gasteiger partial charge is 0.311 e. The molecular weight excluding hydrogens is 192 g/mol. The van der Waals surface area contributed by atoms with Crippen molar-refractivity contribution < 1.29 is 9.90 Å². The van der Waals surface area contributed by atoms with Crippen molar-refractivity contribution in [2.75, 3.05) is 0 Å². The lowest BCUT2D eigenvalue weighted by atomic mass is 9.86. The van der Waals surface area contributed by atoms with Crippen LogP contribution in [0.3, 0.4) is 0 Å². The summed E-state index contributed by atoms with van der Waals surface area (Å²) >= 11 is 0. The van der Waals surface area contributed by atoms with Gasteiger partial charge in [-0.2, -0.15) is 5.10 Å². The topological polar surface area (TPSA) is 55.1 Å². The minimum absolute atomic E-state index is 0.510. The summed E-state index contributed by atoms with van der Waals surface area (Å²) in [5.41, 5.74) is 0.506. The maximum atomic E-state index is 11.3. The molecule has 0 atom stereocenters. The number of carboxylic acid groups (broad SMARTS) is 1. The van der Waals surface area contributed by atoms with Gasteiger partial charge in [0.2, 0.25) is 0 Å². The highest BCUT2D eigenvalue weighted by Crippen LogP contribution is 2.39. The number of carbonyl (C=O) groups is 1. The van der Waals surface area contributed by atoms with Crippen LogP contribution in [0.1, 0.15) is 31.2 Å². The van der Waals surface area contributed by atoms with Crippen LogP contribution in [-0.2, 0) is 11.3 Å². The van der Waals surface area contributed by atoms with E-state index in [2.05, 4.69) is 5.10 Å². The average Bonchev–Trinajstić information content (AvgIpc) is 2.77. The predicted molar refractivity (Wildman–Crippen MR) is 55.5 cm³/mol. The van der Waals surface area contributed by atoms with Crippen molar-refractivity contribution in [2.24, 2.45) is 5.41 Å². The summed E-state index contributed by atoms with van der Waals surface area (Å²) in [6.45, 7) is 2.47. The molecule has 1 aliphatic rings. The lowest BCUT2D eigenvalue weighted by Gasteiger charge is -2.23. The van der Waals surface area contributed by atoms with E-state index in [4.69, 9.17) is 0 Å². The lowest BCUT2D eigenvalue weighted by Crippen LogP contribution is -2.32. The zero-order chi connectivity index (χ0) is 10.9. The van der Waals surface area contributed by atoms with E-state index in [9.17, 15) is 9.90 Å². The van der Waals surface area contributed by atoms with Crippen LogP contribution in [0.15, 0.2) is 12.4 Å². The highest BCUT2D eigenvalue weighted by atomic mass is 16.4. The molecule has 0 amide bonds. The van der Waals surface area contributed by atoms with E-state index in [0.29, 0.717) is 6.54 Å². The Morgan fingerprint density at radius 3 is 2.73 bits per heavy atom. The molecule has 0 aromatic carbocycles. The van der Waals surface area contributed by atoms with Crippen molar-refractivity contribution >= 4 is 5.97 Å². The predicted octanol–water partition coefficient (Wildman–Crippen LogP) is 1.84. The van der Waals surface area contributed by atoms with Gasteiger partial charge in [-0.1, -0.05) is 12.8 Å². The van der Waals surface area contributed by atoms with Crippen molar-refractivity contribution in [3.8, 4) is 0 Å². The molecule has 2 rings (SSSR count). The first-order valence-electron chi connectivity index (χ1n) is 5.35. The van der Waals surface area contributed by atoms with Gasteiger partial charge in [0.1, 0.15) is 0 Å². The van der Waals surface area contributed by atoms with Gasteiger partial charge in [0, 0.05) is 6.20 Å². The van der Waals surface area contributed by atoms with E-state index >= 15 is 0 Å². The molecule has 1 aromatic heterocycles. The molecule has 1 heterocycles. The second-order valence-corrected chi connectivity index (χ2v) is 4.51. The van der Waals surface area contributed by atoms with Crippen molar-refractivity contribution in [1.82, 2.24) is 9.78 Å². The summed E-state index contributed by atoms with van der Waals surface area (Å²) in [7, 11) is 0. The summed E-state index contributed by atoms with van der Waals surface area (Å²) in [6.07, 6.45) is 7.27. The first-order valence-corrected chi connectivity index (χ1v) is 5.35. The second kappa shape index (κ2) is 3.68. The summed E-state index contributed by atoms with van der Waals surface area (Å²) in [5.74, 6) is -0.673. The molecule has 0 unspecified atom stereocenters. The number of hydrogen-bond acceptors (Lipinski definition) is 2. The Morgan fingerprint density at radius 2 is 2.27 bits per heavy atom. The molecule has 0 radical (unpaired) electrons. The van der Waals surface area contributed by atoms with E-state index in [0.717, 1.165) is 31.2 Å². The summed E-state index contributed by atoms with van der Waals surface area (Å²) in [5, 5.41) is 13.5. The summed E-state index contributed by atoms with van der Waals surface area (Å²) in [6, 6.07) is 0. The Labute approximate surface area is 88.9 Å². The van der Waals surface area contributed by atoms with E-state index in [1.165, 1.54) is 0 Å². The van der Waals surface area contributed by atoms with Crippen LogP contribution >= 0.6 is 0 Å². The van der Waals surface area contributed by atoms with Gasteiger partial charge in [0.15, 0.2) is 0 Å². The van der Waals surface area contributed by atoms with E-state index in [1.54, 1.807) is 10.9 Å². The first kappa shape index (κ1) is 10.2. The fraction of sp³-hybridized carbons (Fsp3) is 0.636. The van der Waals surface area contributed by atoms with Crippen molar-refractivity contribution in [3.63, 3.8) is 0 Å². The molecule has 82 valence electrons.